The molecule has 6 nitrogen and oxygen atoms in total. The van der Waals surface area contributed by atoms with Gasteiger partial charge in [-0.1, -0.05) is 13.0 Å². The van der Waals surface area contributed by atoms with Gasteiger partial charge in [0.15, 0.2) is 11.5 Å². The van der Waals surface area contributed by atoms with Gasteiger partial charge in [0.2, 0.25) is 6.79 Å². The lowest BCUT2D eigenvalue weighted by Gasteiger charge is -2.11. The van der Waals surface area contributed by atoms with Crippen molar-refractivity contribution in [3.63, 3.8) is 0 Å². The van der Waals surface area contributed by atoms with E-state index in [9.17, 15) is 9.59 Å². The van der Waals surface area contributed by atoms with E-state index in [1.165, 1.54) is 0 Å². The van der Waals surface area contributed by atoms with E-state index in [1.54, 1.807) is 12.1 Å². The van der Waals surface area contributed by atoms with Crippen molar-refractivity contribution in [2.24, 2.45) is 0 Å². The summed E-state index contributed by atoms with van der Waals surface area (Å²) in [6.07, 6.45) is 0.779. The third-order valence-corrected chi connectivity index (χ3v) is 3.09. The predicted molar refractivity (Wildman–Crippen MR) is 72.3 cm³/mol. The summed E-state index contributed by atoms with van der Waals surface area (Å²) in [6, 6.07) is 5.37. The molecule has 0 saturated heterocycles. The molecular weight excluding hydrogens is 260 g/mol. The molecule has 1 aromatic carbocycles. The topological polar surface area (TPSA) is 76.7 Å². The predicted octanol–water partition coefficient (Wildman–Crippen LogP) is 0.946. The zero-order chi connectivity index (χ0) is 14.5. The maximum absolute atomic E-state index is 11.6. The number of rotatable bonds is 4. The highest BCUT2D eigenvalue weighted by Crippen LogP contribution is 2.32. The van der Waals surface area contributed by atoms with Crippen molar-refractivity contribution < 1.29 is 19.1 Å². The van der Waals surface area contributed by atoms with Crippen molar-refractivity contribution in [2.45, 2.75) is 32.9 Å². The van der Waals surface area contributed by atoms with Crippen molar-refractivity contribution in [2.75, 3.05) is 6.79 Å². The minimum absolute atomic E-state index is 0.0150. The molecule has 1 atom stereocenters. The summed E-state index contributed by atoms with van der Waals surface area (Å²) in [5, 5.41) is 5.18. The number of hydrogen-bond donors (Lipinski definition) is 2. The first kappa shape index (κ1) is 14.2. The Hall–Kier alpha value is -2.24. The van der Waals surface area contributed by atoms with Gasteiger partial charge >= 0.3 is 11.8 Å². The van der Waals surface area contributed by atoms with Crippen LogP contribution < -0.4 is 20.1 Å². The Kier molecular flexibility index (Phi) is 4.45. The first-order chi connectivity index (χ1) is 9.60. The van der Waals surface area contributed by atoms with Crippen LogP contribution in [0.1, 0.15) is 25.8 Å². The lowest BCUT2D eigenvalue weighted by molar-refractivity contribution is -0.139. The lowest BCUT2D eigenvalue weighted by atomic mass is 10.2. The van der Waals surface area contributed by atoms with Gasteiger partial charge in [0.1, 0.15) is 0 Å². The molecule has 1 heterocycles. The molecular formula is C14H18N2O4. The molecule has 0 spiro atoms. The molecule has 6 heteroatoms. The largest absolute Gasteiger partial charge is 0.454 e. The molecule has 1 aromatic rings. The van der Waals surface area contributed by atoms with E-state index in [-0.39, 0.29) is 19.4 Å². The summed E-state index contributed by atoms with van der Waals surface area (Å²) in [6.45, 7) is 4.27. The Morgan fingerprint density at radius 3 is 2.75 bits per heavy atom. The minimum atomic E-state index is -0.636. The maximum Gasteiger partial charge on any atom is 0.309 e. The quantitative estimate of drug-likeness (QED) is 0.804. The molecule has 20 heavy (non-hydrogen) atoms. The molecule has 1 aliphatic heterocycles. The highest BCUT2D eigenvalue weighted by molar-refractivity contribution is 6.35. The molecule has 108 valence electrons. The highest BCUT2D eigenvalue weighted by Gasteiger charge is 2.16. The zero-order valence-electron chi connectivity index (χ0n) is 11.6. The summed E-state index contributed by atoms with van der Waals surface area (Å²) < 4.78 is 10.4. The first-order valence-electron chi connectivity index (χ1n) is 6.57. The van der Waals surface area contributed by atoms with E-state index in [0.717, 1.165) is 12.0 Å². The summed E-state index contributed by atoms with van der Waals surface area (Å²) in [7, 11) is 0. The highest BCUT2D eigenvalue weighted by atomic mass is 16.7. The number of ether oxygens (including phenoxy) is 2. The van der Waals surface area contributed by atoms with Crippen LogP contribution in [0.15, 0.2) is 18.2 Å². The van der Waals surface area contributed by atoms with Gasteiger partial charge in [-0.2, -0.15) is 0 Å². The van der Waals surface area contributed by atoms with Crippen LogP contribution in [0.4, 0.5) is 0 Å². The van der Waals surface area contributed by atoms with Gasteiger partial charge in [0.05, 0.1) is 0 Å². The number of hydrogen-bond acceptors (Lipinski definition) is 4. The Morgan fingerprint density at radius 1 is 1.25 bits per heavy atom. The van der Waals surface area contributed by atoms with Crippen LogP contribution in [0.5, 0.6) is 11.5 Å². The molecule has 1 unspecified atom stereocenters. The van der Waals surface area contributed by atoms with Crippen molar-refractivity contribution >= 4 is 11.8 Å². The van der Waals surface area contributed by atoms with Crippen LogP contribution in [0.2, 0.25) is 0 Å². The van der Waals surface area contributed by atoms with Crippen molar-refractivity contribution in [1.82, 2.24) is 10.6 Å². The number of fused-ring (bicyclic) bond motifs is 1. The van der Waals surface area contributed by atoms with Gasteiger partial charge in [-0.05, 0) is 31.0 Å². The van der Waals surface area contributed by atoms with Crippen LogP contribution >= 0.6 is 0 Å². The molecule has 2 amide bonds. The second kappa shape index (κ2) is 6.27. The average molecular weight is 278 g/mol. The Labute approximate surface area is 117 Å². The minimum Gasteiger partial charge on any atom is -0.454 e. The monoisotopic (exact) mass is 278 g/mol. The van der Waals surface area contributed by atoms with E-state index in [1.807, 2.05) is 19.9 Å². The molecule has 2 rings (SSSR count). The summed E-state index contributed by atoms with van der Waals surface area (Å²) >= 11 is 0. The summed E-state index contributed by atoms with van der Waals surface area (Å²) in [5.74, 6) is 0.0958. The molecule has 0 aromatic heterocycles. The second-order valence-corrected chi connectivity index (χ2v) is 4.65. The fraction of sp³-hybridized carbons (Fsp3) is 0.429. The summed E-state index contributed by atoms with van der Waals surface area (Å²) in [4.78, 5) is 23.2. The number of nitrogens with one attached hydrogen (secondary N) is 2. The molecule has 0 saturated carbocycles. The van der Waals surface area contributed by atoms with E-state index in [4.69, 9.17) is 9.47 Å². The number of benzene rings is 1. The molecule has 0 bridgehead atoms. The SMILES string of the molecule is CCC(C)NC(=O)C(=O)NCc1ccc2c(c1)OCO2. The molecule has 2 N–H and O–H groups in total. The lowest BCUT2D eigenvalue weighted by Crippen LogP contribution is -2.43. The van der Waals surface area contributed by atoms with Crippen molar-refractivity contribution in [3.8, 4) is 11.5 Å². The van der Waals surface area contributed by atoms with Crippen LogP contribution in [0, 0.1) is 0 Å². The van der Waals surface area contributed by atoms with Gasteiger partial charge in [0, 0.05) is 12.6 Å². The standard InChI is InChI=1S/C14H18N2O4/c1-3-9(2)16-14(18)13(17)15-7-10-4-5-11-12(6-10)20-8-19-11/h4-6,9H,3,7-8H2,1-2H3,(H,15,17)(H,16,18). The van der Waals surface area contributed by atoms with E-state index in [2.05, 4.69) is 10.6 Å². The third-order valence-electron chi connectivity index (χ3n) is 3.09. The molecule has 0 aliphatic carbocycles. The molecule has 0 fully saturated rings. The Balaban J connectivity index is 1.85. The second-order valence-electron chi connectivity index (χ2n) is 4.65. The fourth-order valence-electron chi connectivity index (χ4n) is 1.70. The van der Waals surface area contributed by atoms with Crippen LogP contribution in [-0.4, -0.2) is 24.6 Å². The van der Waals surface area contributed by atoms with Gasteiger partial charge in [0.25, 0.3) is 0 Å². The van der Waals surface area contributed by atoms with Crippen LogP contribution in [0.25, 0.3) is 0 Å². The van der Waals surface area contributed by atoms with Gasteiger partial charge in [-0.25, -0.2) is 0 Å². The Bertz CT molecular complexity index is 516. The number of amides is 2. The van der Waals surface area contributed by atoms with Crippen LogP contribution in [0.3, 0.4) is 0 Å². The first-order valence-corrected chi connectivity index (χ1v) is 6.57. The Morgan fingerprint density at radius 2 is 2.00 bits per heavy atom. The third kappa shape index (κ3) is 3.40. The van der Waals surface area contributed by atoms with Crippen molar-refractivity contribution in [1.29, 1.82) is 0 Å². The van der Waals surface area contributed by atoms with Gasteiger partial charge < -0.3 is 20.1 Å². The normalized spacial score (nSPS) is 13.7. The number of carbonyl (C=O) groups is 2. The van der Waals surface area contributed by atoms with E-state index >= 15 is 0 Å². The van der Waals surface area contributed by atoms with Crippen LogP contribution in [-0.2, 0) is 16.1 Å². The zero-order valence-corrected chi connectivity index (χ0v) is 11.6. The van der Waals surface area contributed by atoms with Gasteiger partial charge in [-0.3, -0.25) is 9.59 Å². The van der Waals surface area contributed by atoms with E-state index < -0.39 is 11.8 Å². The van der Waals surface area contributed by atoms with E-state index in [0.29, 0.717) is 11.5 Å². The van der Waals surface area contributed by atoms with Crippen molar-refractivity contribution in [3.05, 3.63) is 23.8 Å². The molecule has 0 radical (unpaired) electrons. The fourth-order valence-corrected chi connectivity index (χ4v) is 1.70. The summed E-state index contributed by atoms with van der Waals surface area (Å²) in [5.41, 5.74) is 0.846. The van der Waals surface area contributed by atoms with Gasteiger partial charge in [-0.15, -0.1) is 0 Å². The average Bonchev–Trinajstić information content (AvgIpc) is 2.91. The number of carbonyl (C=O) groups excluding carboxylic acids is 2. The maximum atomic E-state index is 11.6. The smallest absolute Gasteiger partial charge is 0.309 e. The molecule has 1 aliphatic rings.